The van der Waals surface area contributed by atoms with Gasteiger partial charge in [0, 0.05) is 13.2 Å². The lowest BCUT2D eigenvalue weighted by atomic mass is 10.2. The van der Waals surface area contributed by atoms with Gasteiger partial charge in [0.05, 0.1) is 6.04 Å². The van der Waals surface area contributed by atoms with E-state index < -0.39 is 0 Å². The number of nitrogens with zero attached hydrogens (tertiary/aromatic N) is 3. The molecule has 1 rings (SSSR count). The van der Waals surface area contributed by atoms with Gasteiger partial charge in [-0.15, -0.1) is 10.2 Å². The maximum absolute atomic E-state index is 8.72. The molecule has 0 radical (unpaired) electrons. The normalized spacial score (nSPS) is 13.2. The molecule has 0 aliphatic heterocycles. The Balaban J connectivity index is 2.68. The van der Waals surface area contributed by atoms with Crippen molar-refractivity contribution in [2.45, 2.75) is 32.4 Å². The number of aliphatic hydroxyl groups excluding tert-OH is 1. The summed E-state index contributed by atoms with van der Waals surface area (Å²) in [5.41, 5.74) is 5.80. The fraction of sp³-hybridized carbons (Fsp3) is 0.750. The monoisotopic (exact) mass is 184 g/mol. The highest BCUT2D eigenvalue weighted by Gasteiger charge is 2.11. The topological polar surface area (TPSA) is 77.0 Å². The second-order valence-corrected chi connectivity index (χ2v) is 3.00. The van der Waals surface area contributed by atoms with Crippen LogP contribution in [0.2, 0.25) is 0 Å². The van der Waals surface area contributed by atoms with Crippen molar-refractivity contribution in [1.29, 1.82) is 0 Å². The third-order valence-electron chi connectivity index (χ3n) is 1.88. The molecule has 1 aromatic heterocycles. The van der Waals surface area contributed by atoms with Crippen molar-refractivity contribution < 1.29 is 5.11 Å². The number of hydrogen-bond donors (Lipinski definition) is 2. The van der Waals surface area contributed by atoms with Gasteiger partial charge in [-0.25, -0.2) is 0 Å². The van der Waals surface area contributed by atoms with Gasteiger partial charge in [-0.1, -0.05) is 6.92 Å². The molecular weight excluding hydrogens is 168 g/mol. The van der Waals surface area contributed by atoms with Crippen LogP contribution in [-0.2, 0) is 6.54 Å². The second kappa shape index (κ2) is 4.94. The summed E-state index contributed by atoms with van der Waals surface area (Å²) in [4.78, 5) is 0. The first-order valence-electron chi connectivity index (χ1n) is 4.53. The van der Waals surface area contributed by atoms with Crippen LogP contribution >= 0.6 is 0 Å². The van der Waals surface area contributed by atoms with Gasteiger partial charge in [0.15, 0.2) is 0 Å². The number of aromatic nitrogens is 3. The summed E-state index contributed by atoms with van der Waals surface area (Å²) >= 11 is 0. The molecular formula is C8H16N4O. The van der Waals surface area contributed by atoms with E-state index in [1.54, 1.807) is 6.33 Å². The highest BCUT2D eigenvalue weighted by Crippen LogP contribution is 2.10. The zero-order valence-corrected chi connectivity index (χ0v) is 7.85. The average molecular weight is 184 g/mol. The summed E-state index contributed by atoms with van der Waals surface area (Å²) < 4.78 is 1.93. The van der Waals surface area contributed by atoms with Crippen molar-refractivity contribution >= 4 is 0 Å². The van der Waals surface area contributed by atoms with Gasteiger partial charge in [0.1, 0.15) is 12.2 Å². The third kappa shape index (κ3) is 2.50. The molecule has 1 atom stereocenters. The van der Waals surface area contributed by atoms with Crippen LogP contribution in [0.1, 0.15) is 31.6 Å². The lowest BCUT2D eigenvalue weighted by Crippen LogP contribution is -2.17. The molecule has 1 unspecified atom stereocenters. The summed E-state index contributed by atoms with van der Waals surface area (Å²) in [7, 11) is 0. The van der Waals surface area contributed by atoms with Crippen molar-refractivity contribution in [3.05, 3.63) is 12.2 Å². The predicted molar refractivity (Wildman–Crippen MR) is 48.9 cm³/mol. The van der Waals surface area contributed by atoms with Crippen molar-refractivity contribution in [3.63, 3.8) is 0 Å². The Morgan fingerprint density at radius 1 is 1.69 bits per heavy atom. The fourth-order valence-electron chi connectivity index (χ4n) is 1.23. The zero-order valence-electron chi connectivity index (χ0n) is 7.85. The van der Waals surface area contributed by atoms with Crippen LogP contribution in [0.4, 0.5) is 0 Å². The molecule has 74 valence electrons. The molecule has 0 aromatic carbocycles. The van der Waals surface area contributed by atoms with Crippen molar-refractivity contribution in [3.8, 4) is 0 Å². The van der Waals surface area contributed by atoms with Gasteiger partial charge in [0.2, 0.25) is 0 Å². The van der Waals surface area contributed by atoms with E-state index in [9.17, 15) is 0 Å². The van der Waals surface area contributed by atoms with Gasteiger partial charge >= 0.3 is 0 Å². The van der Waals surface area contributed by atoms with Crippen molar-refractivity contribution in [2.24, 2.45) is 5.73 Å². The Hall–Kier alpha value is -0.940. The maximum atomic E-state index is 8.72. The summed E-state index contributed by atoms with van der Waals surface area (Å²) in [6.07, 6.45) is 3.23. The summed E-state index contributed by atoms with van der Waals surface area (Å²) in [6, 6.07) is -0.209. The van der Waals surface area contributed by atoms with Crippen LogP contribution in [0.15, 0.2) is 6.33 Å². The first-order chi connectivity index (χ1) is 6.29. The quantitative estimate of drug-likeness (QED) is 0.679. The summed E-state index contributed by atoms with van der Waals surface area (Å²) in [6.45, 7) is 3.04. The number of aliphatic hydroxyl groups is 1. The third-order valence-corrected chi connectivity index (χ3v) is 1.88. The van der Waals surface area contributed by atoms with Crippen LogP contribution in [0, 0.1) is 0 Å². The van der Waals surface area contributed by atoms with Gasteiger partial charge in [-0.2, -0.15) is 0 Å². The first-order valence-corrected chi connectivity index (χ1v) is 4.53. The molecule has 1 aromatic rings. The van der Waals surface area contributed by atoms with E-state index >= 15 is 0 Å². The molecule has 0 bridgehead atoms. The SMILES string of the molecule is CCCn1cnnc1C(N)CCO. The van der Waals surface area contributed by atoms with Crippen LogP contribution in [0.5, 0.6) is 0 Å². The molecule has 0 aliphatic carbocycles. The Morgan fingerprint density at radius 2 is 2.46 bits per heavy atom. The molecule has 3 N–H and O–H groups in total. The number of aryl methyl sites for hydroxylation is 1. The number of rotatable bonds is 5. The lowest BCUT2D eigenvalue weighted by Gasteiger charge is -2.10. The van der Waals surface area contributed by atoms with E-state index in [4.69, 9.17) is 10.8 Å². The second-order valence-electron chi connectivity index (χ2n) is 3.00. The van der Waals surface area contributed by atoms with Crippen LogP contribution < -0.4 is 5.73 Å². The summed E-state index contributed by atoms with van der Waals surface area (Å²) in [5.74, 6) is 0.760. The molecule has 0 fully saturated rings. The van der Waals surface area contributed by atoms with Gasteiger partial charge in [-0.3, -0.25) is 0 Å². The van der Waals surface area contributed by atoms with Gasteiger partial charge in [-0.05, 0) is 12.8 Å². The molecule has 0 aliphatic rings. The zero-order chi connectivity index (χ0) is 9.68. The van der Waals surface area contributed by atoms with Gasteiger partial charge < -0.3 is 15.4 Å². The Labute approximate surface area is 77.6 Å². The predicted octanol–water partition coefficient (Wildman–Crippen LogP) is 0.0703. The Kier molecular flexibility index (Phi) is 3.85. The minimum atomic E-state index is -0.209. The molecule has 0 saturated heterocycles. The first kappa shape index (κ1) is 10.1. The van der Waals surface area contributed by atoms with Crippen molar-refractivity contribution in [2.75, 3.05) is 6.61 Å². The highest BCUT2D eigenvalue weighted by molar-refractivity contribution is 4.93. The van der Waals surface area contributed by atoms with E-state index in [0.717, 1.165) is 18.8 Å². The fourth-order valence-corrected chi connectivity index (χ4v) is 1.23. The van der Waals surface area contributed by atoms with E-state index in [1.165, 1.54) is 0 Å². The van der Waals surface area contributed by atoms with Crippen LogP contribution in [0.3, 0.4) is 0 Å². The van der Waals surface area contributed by atoms with Crippen LogP contribution in [-0.4, -0.2) is 26.5 Å². The van der Waals surface area contributed by atoms with Gasteiger partial charge in [0.25, 0.3) is 0 Å². The maximum Gasteiger partial charge on any atom is 0.149 e. The van der Waals surface area contributed by atoms with E-state index in [2.05, 4.69) is 17.1 Å². The molecule has 0 spiro atoms. The molecule has 5 nitrogen and oxygen atoms in total. The molecule has 1 heterocycles. The molecule has 5 heteroatoms. The molecule has 0 saturated carbocycles. The highest BCUT2D eigenvalue weighted by atomic mass is 16.3. The lowest BCUT2D eigenvalue weighted by molar-refractivity contribution is 0.273. The largest absolute Gasteiger partial charge is 0.396 e. The van der Waals surface area contributed by atoms with Crippen molar-refractivity contribution in [1.82, 2.24) is 14.8 Å². The molecule has 13 heavy (non-hydrogen) atoms. The Bertz CT molecular complexity index is 248. The standard InChI is InChI=1S/C8H16N4O/c1-2-4-12-6-10-11-8(12)7(9)3-5-13/h6-7,13H,2-5,9H2,1H3. The van der Waals surface area contributed by atoms with E-state index in [-0.39, 0.29) is 12.6 Å². The minimum absolute atomic E-state index is 0.0835. The number of nitrogens with two attached hydrogens (primary N) is 1. The van der Waals surface area contributed by atoms with Crippen LogP contribution in [0.25, 0.3) is 0 Å². The molecule has 0 amide bonds. The number of hydrogen-bond acceptors (Lipinski definition) is 4. The summed E-state index contributed by atoms with van der Waals surface area (Å²) in [5, 5.41) is 16.4. The smallest absolute Gasteiger partial charge is 0.149 e. The minimum Gasteiger partial charge on any atom is -0.396 e. The average Bonchev–Trinajstić information content (AvgIpc) is 2.54. The van der Waals surface area contributed by atoms with E-state index in [1.807, 2.05) is 4.57 Å². The Morgan fingerprint density at radius 3 is 3.08 bits per heavy atom. The van der Waals surface area contributed by atoms with E-state index in [0.29, 0.717) is 6.42 Å².